The molecule has 0 heterocycles. The maximum Gasteiger partial charge on any atom is 0.306 e. The summed E-state index contributed by atoms with van der Waals surface area (Å²) < 4.78 is 0. The zero-order valence-corrected chi connectivity index (χ0v) is 12.7. The van der Waals surface area contributed by atoms with Crippen molar-refractivity contribution in [3.05, 3.63) is 0 Å². The lowest BCUT2D eigenvalue weighted by atomic mass is 9.79. The largest absolute Gasteiger partial charge is 0.481 e. The van der Waals surface area contributed by atoms with Gasteiger partial charge in [-0.2, -0.15) is 0 Å². The third-order valence-electron chi connectivity index (χ3n) is 4.30. The predicted molar refractivity (Wildman–Crippen MR) is 79.5 cm³/mol. The van der Waals surface area contributed by atoms with Crippen molar-refractivity contribution in [2.45, 2.75) is 71.1 Å². The van der Waals surface area contributed by atoms with Crippen molar-refractivity contribution in [2.75, 3.05) is 6.54 Å². The van der Waals surface area contributed by atoms with E-state index in [0.717, 1.165) is 38.5 Å². The molecule has 1 aliphatic rings. The third-order valence-corrected chi connectivity index (χ3v) is 4.30. The van der Waals surface area contributed by atoms with Crippen molar-refractivity contribution in [3.8, 4) is 0 Å². The van der Waals surface area contributed by atoms with E-state index in [1.807, 2.05) is 0 Å². The van der Waals surface area contributed by atoms with Gasteiger partial charge >= 0.3 is 5.97 Å². The number of amides is 1. The summed E-state index contributed by atoms with van der Waals surface area (Å²) in [5.41, 5.74) is 0. The molecular formula is C16H29NO3. The number of rotatable bonds is 9. The molecule has 0 aromatic carbocycles. The molecule has 0 aromatic rings. The zero-order chi connectivity index (χ0) is 14.8. The lowest BCUT2D eigenvalue weighted by Gasteiger charge is -2.28. The number of nitrogens with one attached hydrogen (secondary N) is 1. The second kappa shape index (κ2) is 9.78. The second-order valence-corrected chi connectivity index (χ2v) is 5.96. The number of aliphatic carboxylic acids is 1. The quantitative estimate of drug-likeness (QED) is 0.638. The summed E-state index contributed by atoms with van der Waals surface area (Å²) >= 11 is 0. The smallest absolute Gasteiger partial charge is 0.306 e. The van der Waals surface area contributed by atoms with Gasteiger partial charge in [0.2, 0.25) is 5.91 Å². The average molecular weight is 283 g/mol. The topological polar surface area (TPSA) is 66.4 Å². The van der Waals surface area contributed by atoms with Crippen LogP contribution in [0.2, 0.25) is 0 Å². The minimum atomic E-state index is -0.705. The van der Waals surface area contributed by atoms with E-state index in [2.05, 4.69) is 12.2 Å². The normalized spacial score (nSPS) is 22.4. The van der Waals surface area contributed by atoms with Gasteiger partial charge in [0, 0.05) is 13.0 Å². The highest BCUT2D eigenvalue weighted by molar-refractivity contribution is 5.76. The van der Waals surface area contributed by atoms with Gasteiger partial charge in [-0.1, -0.05) is 45.4 Å². The molecule has 0 saturated heterocycles. The number of carboxylic acids is 1. The van der Waals surface area contributed by atoms with E-state index in [1.54, 1.807) is 0 Å². The monoisotopic (exact) mass is 283 g/mol. The van der Waals surface area contributed by atoms with Crippen LogP contribution in [-0.4, -0.2) is 23.5 Å². The van der Waals surface area contributed by atoms with E-state index in [0.29, 0.717) is 13.0 Å². The Morgan fingerprint density at radius 3 is 2.50 bits per heavy atom. The Hall–Kier alpha value is -1.06. The van der Waals surface area contributed by atoms with E-state index < -0.39 is 5.97 Å². The second-order valence-electron chi connectivity index (χ2n) is 5.96. The molecule has 0 spiro atoms. The van der Waals surface area contributed by atoms with Gasteiger partial charge in [-0.3, -0.25) is 9.59 Å². The number of carbonyl (C=O) groups excluding carboxylic acids is 1. The lowest BCUT2D eigenvalue weighted by Crippen LogP contribution is -2.37. The first-order valence-corrected chi connectivity index (χ1v) is 8.14. The van der Waals surface area contributed by atoms with Gasteiger partial charge in [0.25, 0.3) is 0 Å². The maximum absolute atomic E-state index is 11.7. The molecule has 1 rings (SSSR count). The van der Waals surface area contributed by atoms with E-state index in [9.17, 15) is 14.7 Å². The zero-order valence-electron chi connectivity index (χ0n) is 12.7. The summed E-state index contributed by atoms with van der Waals surface area (Å²) in [6, 6.07) is 0. The minimum absolute atomic E-state index is 0.0798. The molecule has 1 aliphatic carbocycles. The van der Waals surface area contributed by atoms with Crippen LogP contribution in [0.25, 0.3) is 0 Å². The van der Waals surface area contributed by atoms with Crippen LogP contribution in [0.15, 0.2) is 0 Å². The van der Waals surface area contributed by atoms with Crippen molar-refractivity contribution in [1.82, 2.24) is 5.32 Å². The first-order valence-electron chi connectivity index (χ1n) is 8.14. The summed E-state index contributed by atoms with van der Waals surface area (Å²) in [7, 11) is 0. The first-order chi connectivity index (χ1) is 9.65. The van der Waals surface area contributed by atoms with Crippen LogP contribution in [0.4, 0.5) is 0 Å². The number of unbranched alkanes of at least 4 members (excludes halogenated alkanes) is 4. The van der Waals surface area contributed by atoms with Crippen molar-refractivity contribution in [3.63, 3.8) is 0 Å². The summed E-state index contributed by atoms with van der Waals surface area (Å²) in [5, 5.41) is 12.1. The van der Waals surface area contributed by atoms with Crippen LogP contribution >= 0.6 is 0 Å². The molecule has 2 N–H and O–H groups in total. The Labute approximate surface area is 122 Å². The van der Waals surface area contributed by atoms with Gasteiger partial charge in [0.1, 0.15) is 0 Å². The van der Waals surface area contributed by atoms with Gasteiger partial charge in [-0.05, 0) is 25.2 Å². The van der Waals surface area contributed by atoms with Gasteiger partial charge in [-0.15, -0.1) is 0 Å². The Kier molecular flexibility index (Phi) is 8.31. The molecule has 20 heavy (non-hydrogen) atoms. The molecule has 1 amide bonds. The van der Waals surface area contributed by atoms with Crippen molar-refractivity contribution in [1.29, 1.82) is 0 Å². The van der Waals surface area contributed by atoms with Crippen LogP contribution in [-0.2, 0) is 9.59 Å². The van der Waals surface area contributed by atoms with Gasteiger partial charge in [-0.25, -0.2) is 0 Å². The maximum atomic E-state index is 11.7. The third kappa shape index (κ3) is 6.40. The number of carbonyl (C=O) groups is 2. The van der Waals surface area contributed by atoms with E-state index in [1.165, 1.54) is 19.3 Å². The molecule has 116 valence electrons. The highest BCUT2D eigenvalue weighted by Crippen LogP contribution is 2.29. The Morgan fingerprint density at radius 1 is 1.10 bits per heavy atom. The average Bonchev–Trinajstić information content (AvgIpc) is 2.45. The summed E-state index contributed by atoms with van der Waals surface area (Å²) in [6.45, 7) is 2.71. The molecule has 1 saturated carbocycles. The molecule has 2 unspecified atom stereocenters. The van der Waals surface area contributed by atoms with E-state index in [4.69, 9.17) is 0 Å². The molecule has 2 atom stereocenters. The SMILES string of the molecule is CCCCCCCC(=O)NCC1CCCCC1C(=O)O. The summed E-state index contributed by atoms with van der Waals surface area (Å²) in [6.07, 6.45) is 10.1. The van der Waals surface area contributed by atoms with E-state index in [-0.39, 0.29) is 17.7 Å². The molecule has 4 nitrogen and oxygen atoms in total. The summed E-state index contributed by atoms with van der Waals surface area (Å²) in [4.78, 5) is 22.9. The number of hydrogen-bond acceptors (Lipinski definition) is 2. The Balaban J connectivity index is 2.17. The summed E-state index contributed by atoms with van der Waals surface area (Å²) in [5.74, 6) is -0.779. The fourth-order valence-electron chi connectivity index (χ4n) is 3.00. The highest BCUT2D eigenvalue weighted by atomic mass is 16.4. The molecule has 0 aliphatic heterocycles. The number of hydrogen-bond donors (Lipinski definition) is 2. The van der Waals surface area contributed by atoms with Crippen LogP contribution in [0.1, 0.15) is 71.1 Å². The van der Waals surface area contributed by atoms with Crippen LogP contribution in [0, 0.1) is 11.8 Å². The van der Waals surface area contributed by atoms with Crippen molar-refractivity contribution < 1.29 is 14.7 Å². The molecular weight excluding hydrogens is 254 g/mol. The first kappa shape index (κ1) is 17.0. The highest BCUT2D eigenvalue weighted by Gasteiger charge is 2.30. The van der Waals surface area contributed by atoms with Crippen LogP contribution in [0.3, 0.4) is 0 Å². The Bertz CT molecular complexity index is 304. The predicted octanol–water partition coefficient (Wildman–Crippen LogP) is 3.35. The fraction of sp³-hybridized carbons (Fsp3) is 0.875. The van der Waals surface area contributed by atoms with Gasteiger partial charge < -0.3 is 10.4 Å². The van der Waals surface area contributed by atoms with Crippen LogP contribution < -0.4 is 5.32 Å². The number of carboxylic acid groups (broad SMARTS) is 1. The van der Waals surface area contributed by atoms with Crippen LogP contribution in [0.5, 0.6) is 0 Å². The molecule has 0 aromatic heterocycles. The lowest BCUT2D eigenvalue weighted by molar-refractivity contribution is -0.145. The van der Waals surface area contributed by atoms with E-state index >= 15 is 0 Å². The molecule has 0 radical (unpaired) electrons. The Morgan fingerprint density at radius 2 is 1.80 bits per heavy atom. The molecule has 0 bridgehead atoms. The van der Waals surface area contributed by atoms with Crippen molar-refractivity contribution >= 4 is 11.9 Å². The standard InChI is InChI=1S/C16H29NO3/c1-2-3-4-5-6-11-15(18)17-12-13-9-7-8-10-14(13)16(19)20/h13-14H,2-12H2,1H3,(H,17,18)(H,19,20). The van der Waals surface area contributed by atoms with Crippen molar-refractivity contribution in [2.24, 2.45) is 11.8 Å². The molecule has 4 heteroatoms. The minimum Gasteiger partial charge on any atom is -0.481 e. The van der Waals surface area contributed by atoms with Gasteiger partial charge in [0.15, 0.2) is 0 Å². The molecule has 1 fully saturated rings. The fourth-order valence-corrected chi connectivity index (χ4v) is 3.00. The van der Waals surface area contributed by atoms with Gasteiger partial charge in [0.05, 0.1) is 5.92 Å².